The maximum atomic E-state index is 13.5. The highest BCUT2D eigenvalue weighted by Crippen LogP contribution is 2.19. The van der Waals surface area contributed by atoms with E-state index in [9.17, 15) is 9.50 Å². The zero-order valence-electron chi connectivity index (χ0n) is 8.95. The predicted molar refractivity (Wildman–Crippen MR) is 69.5 cm³/mol. The largest absolute Gasteiger partial charge is 0.508 e. The van der Waals surface area contributed by atoms with Gasteiger partial charge in [0.05, 0.1) is 0 Å². The highest BCUT2D eigenvalue weighted by Gasteiger charge is 2.02. The first-order chi connectivity index (χ1) is 8.15. The maximum Gasteiger partial charge on any atom is 0.129 e. The predicted octanol–water partition coefficient (Wildman–Crippen LogP) is 3.91. The summed E-state index contributed by atoms with van der Waals surface area (Å²) in [5.74, 6) is -0.0710. The van der Waals surface area contributed by atoms with Crippen molar-refractivity contribution in [1.29, 1.82) is 0 Å². The number of phenolic OH excluding ortho intramolecular Hbond substituents is 1. The summed E-state index contributed by atoms with van der Waals surface area (Å²) in [4.78, 5) is 0. The summed E-state index contributed by atoms with van der Waals surface area (Å²) >= 11 is 3.21. The van der Waals surface area contributed by atoms with Gasteiger partial charge in [0.25, 0.3) is 0 Å². The Labute approximate surface area is 107 Å². The van der Waals surface area contributed by atoms with Crippen LogP contribution in [0.25, 0.3) is 0 Å². The van der Waals surface area contributed by atoms with Crippen molar-refractivity contribution < 1.29 is 9.50 Å². The van der Waals surface area contributed by atoms with E-state index >= 15 is 0 Å². The fourth-order valence-electron chi connectivity index (χ4n) is 1.48. The third-order valence-corrected chi connectivity index (χ3v) is 2.84. The molecule has 2 N–H and O–H groups in total. The number of hydrogen-bond donors (Lipinski definition) is 2. The summed E-state index contributed by atoms with van der Waals surface area (Å²) in [6.45, 7) is 0.378. The quantitative estimate of drug-likeness (QED) is 0.900. The number of halogens is 2. The molecule has 0 atom stereocenters. The van der Waals surface area contributed by atoms with Gasteiger partial charge in [-0.2, -0.15) is 0 Å². The van der Waals surface area contributed by atoms with Crippen molar-refractivity contribution in [1.82, 2.24) is 0 Å². The van der Waals surface area contributed by atoms with Crippen LogP contribution >= 0.6 is 15.9 Å². The number of rotatable bonds is 3. The fraction of sp³-hybridized carbons (Fsp3) is 0.0769. The number of nitrogens with one attached hydrogen (secondary N) is 1. The normalized spacial score (nSPS) is 10.2. The molecular formula is C13H11BrFNO. The molecule has 0 bridgehead atoms. The van der Waals surface area contributed by atoms with E-state index in [0.29, 0.717) is 12.1 Å². The number of hydrogen-bond acceptors (Lipinski definition) is 2. The van der Waals surface area contributed by atoms with Crippen LogP contribution in [-0.2, 0) is 6.54 Å². The molecule has 2 nitrogen and oxygen atoms in total. The third kappa shape index (κ3) is 3.20. The van der Waals surface area contributed by atoms with Crippen molar-refractivity contribution in [2.75, 3.05) is 5.32 Å². The Morgan fingerprint density at radius 3 is 2.71 bits per heavy atom. The third-order valence-electron chi connectivity index (χ3n) is 2.34. The number of phenols is 1. The van der Waals surface area contributed by atoms with Crippen LogP contribution in [0.15, 0.2) is 46.9 Å². The summed E-state index contributed by atoms with van der Waals surface area (Å²) in [5, 5.41) is 12.3. The molecule has 0 saturated carbocycles. The Morgan fingerprint density at radius 2 is 2.00 bits per heavy atom. The first kappa shape index (κ1) is 11.9. The molecule has 88 valence electrons. The summed E-state index contributed by atoms with van der Waals surface area (Å²) < 4.78 is 14.2. The summed E-state index contributed by atoms with van der Waals surface area (Å²) in [5.41, 5.74) is 1.34. The van der Waals surface area contributed by atoms with Gasteiger partial charge in [-0.15, -0.1) is 0 Å². The fourth-order valence-corrected chi connectivity index (χ4v) is 1.81. The topological polar surface area (TPSA) is 32.3 Å². The molecule has 4 heteroatoms. The van der Waals surface area contributed by atoms with Crippen LogP contribution in [0.2, 0.25) is 0 Å². The molecule has 0 aromatic heterocycles. The Balaban J connectivity index is 2.07. The second-order valence-electron chi connectivity index (χ2n) is 3.64. The van der Waals surface area contributed by atoms with Crippen molar-refractivity contribution in [3.05, 3.63) is 58.3 Å². The van der Waals surface area contributed by atoms with Crippen LogP contribution in [0.1, 0.15) is 5.56 Å². The van der Waals surface area contributed by atoms with Gasteiger partial charge in [0, 0.05) is 28.3 Å². The van der Waals surface area contributed by atoms with Crippen LogP contribution in [0.4, 0.5) is 10.1 Å². The molecule has 0 aliphatic carbocycles. The SMILES string of the molecule is Oc1cccc(NCc2ccc(Br)cc2F)c1. The average molecular weight is 296 g/mol. The lowest BCUT2D eigenvalue weighted by Gasteiger charge is -2.08. The van der Waals surface area contributed by atoms with Gasteiger partial charge in [0.2, 0.25) is 0 Å². The lowest BCUT2D eigenvalue weighted by Crippen LogP contribution is -2.01. The van der Waals surface area contributed by atoms with Crippen LogP contribution in [-0.4, -0.2) is 5.11 Å². The lowest BCUT2D eigenvalue weighted by atomic mass is 10.2. The van der Waals surface area contributed by atoms with E-state index in [1.165, 1.54) is 6.07 Å². The monoisotopic (exact) mass is 295 g/mol. The molecule has 0 spiro atoms. The Morgan fingerprint density at radius 1 is 1.18 bits per heavy atom. The van der Waals surface area contributed by atoms with Gasteiger partial charge < -0.3 is 10.4 Å². The number of aromatic hydroxyl groups is 1. The molecule has 2 rings (SSSR count). The minimum Gasteiger partial charge on any atom is -0.508 e. The molecule has 0 radical (unpaired) electrons. The molecule has 0 unspecified atom stereocenters. The second kappa shape index (κ2) is 5.19. The van der Waals surface area contributed by atoms with E-state index in [-0.39, 0.29) is 11.6 Å². The van der Waals surface area contributed by atoms with Gasteiger partial charge in [-0.3, -0.25) is 0 Å². The molecule has 0 saturated heterocycles. The van der Waals surface area contributed by atoms with Crippen LogP contribution in [0, 0.1) is 5.82 Å². The van der Waals surface area contributed by atoms with E-state index in [1.54, 1.807) is 30.3 Å². The van der Waals surface area contributed by atoms with Crippen LogP contribution in [0.5, 0.6) is 5.75 Å². The Bertz CT molecular complexity index is 531. The maximum absolute atomic E-state index is 13.5. The van der Waals surface area contributed by atoms with Gasteiger partial charge in [-0.1, -0.05) is 28.1 Å². The molecular weight excluding hydrogens is 285 g/mol. The summed E-state index contributed by atoms with van der Waals surface area (Å²) in [6.07, 6.45) is 0. The molecule has 0 aliphatic rings. The first-order valence-electron chi connectivity index (χ1n) is 5.12. The van der Waals surface area contributed by atoms with Crippen molar-refractivity contribution >= 4 is 21.6 Å². The van der Waals surface area contributed by atoms with Gasteiger partial charge in [-0.25, -0.2) is 4.39 Å². The molecule has 0 aliphatic heterocycles. The standard InChI is InChI=1S/C13H11BrFNO/c14-10-5-4-9(13(15)6-10)8-16-11-2-1-3-12(17)7-11/h1-7,16-17H,8H2. The van der Waals surface area contributed by atoms with E-state index in [0.717, 1.165) is 10.2 Å². The minimum atomic E-state index is -0.257. The Kier molecular flexibility index (Phi) is 3.64. The molecule has 2 aromatic rings. The molecule has 17 heavy (non-hydrogen) atoms. The first-order valence-corrected chi connectivity index (χ1v) is 5.91. The number of anilines is 1. The van der Waals surface area contributed by atoms with Crippen molar-refractivity contribution in [3.8, 4) is 5.75 Å². The van der Waals surface area contributed by atoms with Crippen molar-refractivity contribution in [2.24, 2.45) is 0 Å². The van der Waals surface area contributed by atoms with E-state index in [2.05, 4.69) is 21.2 Å². The van der Waals surface area contributed by atoms with Gasteiger partial charge in [-0.05, 0) is 24.3 Å². The molecule has 0 fully saturated rings. The Hall–Kier alpha value is -1.55. The molecule has 2 aromatic carbocycles. The minimum absolute atomic E-state index is 0.186. The van der Waals surface area contributed by atoms with Crippen LogP contribution < -0.4 is 5.32 Å². The number of benzene rings is 2. The summed E-state index contributed by atoms with van der Waals surface area (Å²) in [6, 6.07) is 11.7. The highest BCUT2D eigenvalue weighted by atomic mass is 79.9. The van der Waals surface area contributed by atoms with Crippen molar-refractivity contribution in [3.63, 3.8) is 0 Å². The van der Waals surface area contributed by atoms with E-state index < -0.39 is 0 Å². The smallest absolute Gasteiger partial charge is 0.129 e. The zero-order valence-corrected chi connectivity index (χ0v) is 10.5. The molecule has 0 heterocycles. The van der Waals surface area contributed by atoms with Gasteiger partial charge in [0.15, 0.2) is 0 Å². The second-order valence-corrected chi connectivity index (χ2v) is 4.56. The van der Waals surface area contributed by atoms with Crippen LogP contribution in [0.3, 0.4) is 0 Å². The van der Waals surface area contributed by atoms with E-state index in [1.807, 2.05) is 6.07 Å². The lowest BCUT2D eigenvalue weighted by molar-refractivity contribution is 0.475. The highest BCUT2D eigenvalue weighted by molar-refractivity contribution is 9.10. The zero-order chi connectivity index (χ0) is 12.3. The van der Waals surface area contributed by atoms with E-state index in [4.69, 9.17) is 0 Å². The van der Waals surface area contributed by atoms with Crippen molar-refractivity contribution in [2.45, 2.75) is 6.54 Å². The van der Waals surface area contributed by atoms with Gasteiger partial charge in [0.1, 0.15) is 11.6 Å². The average Bonchev–Trinajstić information content (AvgIpc) is 2.28. The molecule has 0 amide bonds. The summed E-state index contributed by atoms with van der Waals surface area (Å²) in [7, 11) is 0. The van der Waals surface area contributed by atoms with Gasteiger partial charge >= 0.3 is 0 Å².